The Morgan fingerprint density at radius 3 is 1.59 bits per heavy atom. The minimum absolute atomic E-state index is 0.213. The summed E-state index contributed by atoms with van der Waals surface area (Å²) < 4.78 is 22.1. The first-order chi connectivity index (χ1) is 27.3. The van der Waals surface area contributed by atoms with Crippen molar-refractivity contribution in [1.82, 2.24) is 0 Å². The third-order valence-corrected chi connectivity index (χ3v) is 9.64. The van der Waals surface area contributed by atoms with Crippen LogP contribution in [0.1, 0.15) is 162 Å². The van der Waals surface area contributed by atoms with Gasteiger partial charge in [0, 0.05) is 12.8 Å². The Bertz CT molecular complexity index is 1100. The summed E-state index contributed by atoms with van der Waals surface area (Å²) >= 11 is 0. The van der Waals surface area contributed by atoms with Crippen molar-refractivity contribution in [2.45, 2.75) is 198 Å². The summed E-state index contributed by atoms with van der Waals surface area (Å²) in [4.78, 5) is 25.3. The number of carbonyl (C=O) groups excluding carboxylic acids is 2. The van der Waals surface area contributed by atoms with Crippen LogP contribution >= 0.6 is 0 Å². The normalized spacial score (nSPS) is 21.0. The van der Waals surface area contributed by atoms with Gasteiger partial charge in [-0.1, -0.05) is 139 Å². The van der Waals surface area contributed by atoms with E-state index in [1.165, 1.54) is 32.1 Å². The molecule has 6 atom stereocenters. The maximum absolute atomic E-state index is 12.8. The molecule has 0 aromatic heterocycles. The number of esters is 2. The van der Waals surface area contributed by atoms with Gasteiger partial charge in [-0.15, -0.1) is 0 Å². The maximum Gasteiger partial charge on any atom is 0.306 e. The Morgan fingerprint density at radius 2 is 1.05 bits per heavy atom. The maximum atomic E-state index is 12.8. The Morgan fingerprint density at radius 1 is 0.571 bits per heavy atom. The summed E-state index contributed by atoms with van der Waals surface area (Å²) in [6.07, 6.45) is 36.5. The number of ether oxygens (including phenoxy) is 4. The highest BCUT2D eigenvalue weighted by molar-refractivity contribution is 5.70. The van der Waals surface area contributed by atoms with E-state index in [0.717, 1.165) is 89.9 Å². The van der Waals surface area contributed by atoms with Crippen LogP contribution in [-0.4, -0.2) is 89.0 Å². The van der Waals surface area contributed by atoms with E-state index in [0.29, 0.717) is 12.8 Å². The van der Waals surface area contributed by atoms with Crippen LogP contribution in [0.5, 0.6) is 0 Å². The van der Waals surface area contributed by atoms with E-state index in [1.807, 2.05) is 0 Å². The van der Waals surface area contributed by atoms with Crippen LogP contribution in [0.4, 0.5) is 0 Å². The van der Waals surface area contributed by atoms with Gasteiger partial charge in [-0.3, -0.25) is 9.59 Å². The molecule has 322 valence electrons. The Kier molecular flexibility index (Phi) is 33.7. The average molecular weight is 791 g/mol. The SMILES string of the molecule is CC/C=C\C/C=C\C/C=C\CCCCCCCCCC(=O)OC(COC(=O)CCCCCCC/C=C\C/C=C\CCCC)COC1OC(CO)C(O)C(O)C1O. The molecule has 1 heterocycles. The van der Waals surface area contributed by atoms with Gasteiger partial charge in [0.2, 0.25) is 0 Å². The zero-order valence-corrected chi connectivity index (χ0v) is 34.9. The van der Waals surface area contributed by atoms with Gasteiger partial charge >= 0.3 is 11.9 Å². The zero-order valence-electron chi connectivity index (χ0n) is 34.9. The quantitative estimate of drug-likeness (QED) is 0.0278. The Labute approximate surface area is 339 Å². The minimum Gasteiger partial charge on any atom is -0.462 e. The molecule has 1 aliphatic rings. The third-order valence-electron chi connectivity index (χ3n) is 9.64. The van der Waals surface area contributed by atoms with E-state index in [-0.39, 0.29) is 26.1 Å². The Hall–Kier alpha value is -2.60. The van der Waals surface area contributed by atoms with Crippen molar-refractivity contribution in [1.29, 1.82) is 0 Å². The van der Waals surface area contributed by atoms with Crippen LogP contribution < -0.4 is 0 Å². The van der Waals surface area contributed by atoms with Crippen molar-refractivity contribution >= 4 is 11.9 Å². The Balaban J connectivity index is 2.36. The molecule has 4 N–H and O–H groups in total. The minimum atomic E-state index is -1.60. The number of aliphatic hydroxyl groups excluding tert-OH is 4. The first-order valence-corrected chi connectivity index (χ1v) is 21.9. The standard InChI is InChI=1S/C46H78O10/c1-3-5-7-9-11-13-15-17-19-20-21-23-25-27-29-31-33-35-42(49)55-39(38-54-46-45(52)44(51)43(50)40(36-47)56-46)37-53-41(48)34-32-30-28-26-24-22-18-16-14-12-10-8-6-4-2/h5,7,10-13,16-19,39-40,43-47,50-52H,3-4,6,8-9,14-15,20-38H2,1-2H3/b7-5-,12-10-,13-11-,18-16-,19-17-. The molecule has 0 radical (unpaired) electrons. The van der Waals surface area contributed by atoms with E-state index >= 15 is 0 Å². The third kappa shape index (κ3) is 27.9. The second-order valence-electron chi connectivity index (χ2n) is 14.8. The van der Waals surface area contributed by atoms with Crippen molar-refractivity contribution in [2.24, 2.45) is 0 Å². The van der Waals surface area contributed by atoms with Gasteiger partial charge in [-0.2, -0.15) is 0 Å². The molecule has 0 aromatic carbocycles. The van der Waals surface area contributed by atoms with Gasteiger partial charge in [0.25, 0.3) is 0 Å². The monoisotopic (exact) mass is 791 g/mol. The summed E-state index contributed by atoms with van der Waals surface area (Å²) in [5.74, 6) is -0.839. The zero-order chi connectivity index (χ0) is 40.9. The molecule has 0 aromatic rings. The molecule has 0 saturated carbocycles. The predicted molar refractivity (Wildman–Crippen MR) is 224 cm³/mol. The molecule has 1 saturated heterocycles. The van der Waals surface area contributed by atoms with Crippen molar-refractivity contribution in [3.63, 3.8) is 0 Å². The van der Waals surface area contributed by atoms with E-state index < -0.39 is 55.4 Å². The van der Waals surface area contributed by atoms with Crippen LogP contribution in [0.25, 0.3) is 0 Å². The lowest BCUT2D eigenvalue weighted by Gasteiger charge is -2.39. The number of aliphatic hydroxyl groups is 4. The van der Waals surface area contributed by atoms with E-state index in [2.05, 4.69) is 74.6 Å². The largest absolute Gasteiger partial charge is 0.462 e. The number of rotatable bonds is 35. The van der Waals surface area contributed by atoms with Gasteiger partial charge in [0.1, 0.15) is 31.0 Å². The highest BCUT2D eigenvalue weighted by Crippen LogP contribution is 2.22. The molecular formula is C46H78O10. The summed E-state index contributed by atoms with van der Waals surface area (Å²) in [5.41, 5.74) is 0. The lowest BCUT2D eigenvalue weighted by atomic mass is 9.99. The van der Waals surface area contributed by atoms with Gasteiger partial charge in [0.05, 0.1) is 13.2 Å². The fourth-order valence-corrected chi connectivity index (χ4v) is 6.16. The highest BCUT2D eigenvalue weighted by atomic mass is 16.7. The van der Waals surface area contributed by atoms with Crippen molar-refractivity contribution < 1.29 is 49.0 Å². The topological polar surface area (TPSA) is 152 Å². The van der Waals surface area contributed by atoms with Crippen LogP contribution in [0.3, 0.4) is 0 Å². The molecule has 1 fully saturated rings. The van der Waals surface area contributed by atoms with E-state index in [4.69, 9.17) is 18.9 Å². The lowest BCUT2D eigenvalue weighted by molar-refractivity contribution is -0.305. The van der Waals surface area contributed by atoms with Crippen LogP contribution in [-0.2, 0) is 28.5 Å². The average Bonchev–Trinajstić information content (AvgIpc) is 3.19. The van der Waals surface area contributed by atoms with Gasteiger partial charge in [-0.05, 0) is 70.6 Å². The number of unbranched alkanes of at least 4 members (excludes halogenated alkanes) is 14. The first-order valence-electron chi connectivity index (χ1n) is 21.9. The summed E-state index contributed by atoms with van der Waals surface area (Å²) in [7, 11) is 0. The first kappa shape index (κ1) is 51.4. The summed E-state index contributed by atoms with van der Waals surface area (Å²) in [6, 6.07) is 0. The lowest BCUT2D eigenvalue weighted by Crippen LogP contribution is -2.59. The molecule has 0 amide bonds. The molecule has 1 aliphatic heterocycles. The summed E-state index contributed by atoms with van der Waals surface area (Å²) in [6.45, 7) is 3.23. The summed E-state index contributed by atoms with van der Waals surface area (Å²) in [5, 5.41) is 40.0. The molecule has 0 bridgehead atoms. The molecule has 56 heavy (non-hydrogen) atoms. The number of hydrogen-bond acceptors (Lipinski definition) is 10. The fourth-order valence-electron chi connectivity index (χ4n) is 6.16. The van der Waals surface area contributed by atoms with Gasteiger partial charge in [-0.25, -0.2) is 0 Å². The highest BCUT2D eigenvalue weighted by Gasteiger charge is 2.44. The molecule has 6 unspecified atom stereocenters. The van der Waals surface area contributed by atoms with Crippen molar-refractivity contribution in [3.05, 3.63) is 60.8 Å². The number of allylic oxidation sites excluding steroid dienone is 10. The number of hydrogen-bond donors (Lipinski definition) is 4. The van der Waals surface area contributed by atoms with Crippen molar-refractivity contribution in [2.75, 3.05) is 19.8 Å². The van der Waals surface area contributed by atoms with Crippen LogP contribution in [0.15, 0.2) is 60.8 Å². The number of carbonyl (C=O) groups is 2. The smallest absolute Gasteiger partial charge is 0.306 e. The van der Waals surface area contributed by atoms with Gasteiger partial charge < -0.3 is 39.4 Å². The van der Waals surface area contributed by atoms with E-state index in [9.17, 15) is 30.0 Å². The molecule has 10 heteroatoms. The second-order valence-corrected chi connectivity index (χ2v) is 14.8. The molecule has 1 rings (SSSR count). The van der Waals surface area contributed by atoms with Crippen molar-refractivity contribution in [3.8, 4) is 0 Å². The fraction of sp³-hybridized carbons (Fsp3) is 0.739. The van der Waals surface area contributed by atoms with Gasteiger partial charge in [0.15, 0.2) is 12.4 Å². The van der Waals surface area contributed by atoms with Crippen LogP contribution in [0, 0.1) is 0 Å². The molecular weight excluding hydrogens is 712 g/mol. The molecule has 0 aliphatic carbocycles. The molecule has 10 nitrogen and oxygen atoms in total. The van der Waals surface area contributed by atoms with E-state index in [1.54, 1.807) is 0 Å². The molecule has 0 spiro atoms. The second kappa shape index (κ2) is 36.7. The van der Waals surface area contributed by atoms with Crippen LogP contribution in [0.2, 0.25) is 0 Å². The predicted octanol–water partition coefficient (Wildman–Crippen LogP) is 9.05.